The molecule has 2 atom stereocenters. The summed E-state index contributed by atoms with van der Waals surface area (Å²) < 4.78 is 1.98. The Morgan fingerprint density at radius 3 is 2.43 bits per heavy atom. The highest BCUT2D eigenvalue weighted by molar-refractivity contribution is 5.40. The van der Waals surface area contributed by atoms with Gasteiger partial charge in [0.25, 0.3) is 0 Å². The molecule has 1 aromatic carbocycles. The van der Waals surface area contributed by atoms with Gasteiger partial charge in [0.2, 0.25) is 0 Å². The minimum Gasteiger partial charge on any atom is -0.393 e. The molecule has 0 saturated carbocycles. The molecule has 21 heavy (non-hydrogen) atoms. The van der Waals surface area contributed by atoms with Crippen LogP contribution in [-0.2, 0) is 6.54 Å². The largest absolute Gasteiger partial charge is 0.393 e. The molecule has 0 unspecified atom stereocenters. The molecule has 0 bridgehead atoms. The third-order valence-corrected chi connectivity index (χ3v) is 4.25. The second-order valence-corrected chi connectivity index (χ2v) is 6.09. The Bertz CT molecular complexity index is 569. The smallest absolute Gasteiger partial charge is 0.151 e. The van der Waals surface area contributed by atoms with E-state index in [0.717, 1.165) is 25.2 Å². The minimum atomic E-state index is -0.183. The highest BCUT2D eigenvalue weighted by atomic mass is 16.3. The summed E-state index contributed by atoms with van der Waals surface area (Å²) in [6, 6.07) is 13.1. The zero-order valence-corrected chi connectivity index (χ0v) is 12.7. The molecule has 3 rings (SSSR count). The van der Waals surface area contributed by atoms with Crippen molar-refractivity contribution in [3.8, 4) is 0 Å². The Balaban J connectivity index is 1.75. The minimum absolute atomic E-state index is 0.183. The predicted molar refractivity (Wildman–Crippen MR) is 84.4 cm³/mol. The average molecular weight is 285 g/mol. The van der Waals surface area contributed by atoms with Crippen molar-refractivity contribution >= 4 is 5.82 Å². The lowest BCUT2D eigenvalue weighted by molar-refractivity contribution is 0.116. The summed E-state index contributed by atoms with van der Waals surface area (Å²) >= 11 is 0. The van der Waals surface area contributed by atoms with Crippen LogP contribution in [0.2, 0.25) is 0 Å². The van der Waals surface area contributed by atoms with Crippen LogP contribution in [0.4, 0.5) is 5.82 Å². The van der Waals surface area contributed by atoms with E-state index in [9.17, 15) is 5.11 Å². The highest BCUT2D eigenvalue weighted by Gasteiger charge is 2.31. The Morgan fingerprint density at radius 2 is 1.76 bits per heavy atom. The van der Waals surface area contributed by atoms with Gasteiger partial charge in [-0.3, -0.25) is 4.68 Å². The van der Waals surface area contributed by atoms with E-state index in [0.29, 0.717) is 12.1 Å². The molecular formula is C17H23N3O. The topological polar surface area (TPSA) is 41.3 Å². The predicted octanol–water partition coefficient (Wildman–Crippen LogP) is 2.67. The van der Waals surface area contributed by atoms with Gasteiger partial charge in [-0.05, 0) is 32.3 Å². The number of benzene rings is 1. The first-order valence-electron chi connectivity index (χ1n) is 7.67. The summed E-state index contributed by atoms with van der Waals surface area (Å²) in [5.41, 5.74) is 1.25. The molecule has 1 aliphatic heterocycles. The molecule has 0 radical (unpaired) electrons. The monoisotopic (exact) mass is 285 g/mol. The number of aliphatic hydroxyl groups is 1. The van der Waals surface area contributed by atoms with Crippen molar-refractivity contribution < 1.29 is 5.11 Å². The molecule has 1 aliphatic rings. The van der Waals surface area contributed by atoms with E-state index in [4.69, 9.17) is 5.10 Å². The van der Waals surface area contributed by atoms with Crippen molar-refractivity contribution in [1.29, 1.82) is 0 Å². The molecule has 4 nitrogen and oxygen atoms in total. The van der Waals surface area contributed by atoms with Gasteiger partial charge in [0.1, 0.15) is 0 Å². The normalized spacial score (nSPS) is 26.0. The maximum absolute atomic E-state index is 9.86. The first-order chi connectivity index (χ1) is 10.1. The zero-order chi connectivity index (χ0) is 14.8. The molecule has 1 saturated heterocycles. The number of piperidine rings is 1. The van der Waals surface area contributed by atoms with Gasteiger partial charge in [-0.2, -0.15) is 5.10 Å². The summed E-state index contributed by atoms with van der Waals surface area (Å²) in [5.74, 6) is 1.01. The van der Waals surface area contributed by atoms with Gasteiger partial charge in [-0.1, -0.05) is 30.3 Å². The van der Waals surface area contributed by atoms with Crippen LogP contribution in [0, 0.1) is 0 Å². The van der Waals surface area contributed by atoms with Crippen molar-refractivity contribution in [2.45, 2.75) is 51.4 Å². The van der Waals surface area contributed by atoms with Crippen LogP contribution in [0.3, 0.4) is 0 Å². The van der Waals surface area contributed by atoms with E-state index < -0.39 is 0 Å². The lowest BCUT2D eigenvalue weighted by Crippen LogP contribution is -2.48. The van der Waals surface area contributed by atoms with Gasteiger partial charge in [0.15, 0.2) is 5.82 Å². The van der Waals surface area contributed by atoms with Crippen LogP contribution >= 0.6 is 0 Å². The van der Waals surface area contributed by atoms with Gasteiger partial charge in [0, 0.05) is 24.3 Å². The number of aromatic nitrogens is 2. The van der Waals surface area contributed by atoms with Crippen molar-refractivity contribution in [2.24, 2.45) is 0 Å². The van der Waals surface area contributed by atoms with Crippen molar-refractivity contribution in [2.75, 3.05) is 4.90 Å². The average Bonchev–Trinajstić information content (AvgIpc) is 2.87. The number of nitrogens with zero attached hydrogens (tertiary/aromatic N) is 3. The third kappa shape index (κ3) is 3.10. The second kappa shape index (κ2) is 5.90. The maximum Gasteiger partial charge on any atom is 0.151 e. The molecule has 2 aromatic rings. The summed E-state index contributed by atoms with van der Waals surface area (Å²) in [6.45, 7) is 5.12. The Labute approximate surface area is 126 Å². The van der Waals surface area contributed by atoms with E-state index in [1.807, 2.05) is 16.9 Å². The number of hydrogen-bond acceptors (Lipinski definition) is 3. The molecule has 4 heteroatoms. The SMILES string of the molecule is C[C@@H]1CC(O)C[C@@H](C)N1c1ccn(Cc2ccccc2)n1. The van der Waals surface area contributed by atoms with Crippen LogP contribution in [0.5, 0.6) is 0 Å². The van der Waals surface area contributed by atoms with Crippen LogP contribution < -0.4 is 4.90 Å². The van der Waals surface area contributed by atoms with Gasteiger partial charge in [0.05, 0.1) is 12.6 Å². The Morgan fingerprint density at radius 1 is 1.10 bits per heavy atom. The fourth-order valence-corrected chi connectivity index (χ4v) is 3.34. The maximum atomic E-state index is 9.86. The fraction of sp³-hybridized carbons (Fsp3) is 0.471. The lowest BCUT2D eigenvalue weighted by atomic mass is 9.95. The molecule has 1 aromatic heterocycles. The second-order valence-electron chi connectivity index (χ2n) is 6.09. The Kier molecular flexibility index (Phi) is 3.97. The van der Waals surface area contributed by atoms with Crippen LogP contribution in [0.25, 0.3) is 0 Å². The zero-order valence-electron chi connectivity index (χ0n) is 12.7. The van der Waals surface area contributed by atoms with E-state index in [1.165, 1.54) is 5.56 Å². The molecular weight excluding hydrogens is 262 g/mol. The molecule has 1 fully saturated rings. The van der Waals surface area contributed by atoms with Crippen LogP contribution in [0.15, 0.2) is 42.6 Å². The standard InChI is InChI=1S/C17H23N3O/c1-13-10-16(21)11-14(2)20(13)17-8-9-19(18-17)12-15-6-4-3-5-7-15/h3-9,13-14,16,21H,10-12H2,1-2H3/t13-,14-/m1/s1. The summed E-state index contributed by atoms with van der Waals surface area (Å²) in [4.78, 5) is 2.33. The Hall–Kier alpha value is -1.81. The highest BCUT2D eigenvalue weighted by Crippen LogP contribution is 2.28. The van der Waals surface area contributed by atoms with Crippen molar-refractivity contribution in [3.05, 3.63) is 48.2 Å². The van der Waals surface area contributed by atoms with Gasteiger partial charge in [-0.25, -0.2) is 0 Å². The van der Waals surface area contributed by atoms with Crippen LogP contribution in [-0.4, -0.2) is 33.1 Å². The first kappa shape index (κ1) is 14.1. The number of rotatable bonds is 3. The van der Waals surface area contributed by atoms with Gasteiger partial charge < -0.3 is 10.0 Å². The molecule has 2 heterocycles. The van der Waals surface area contributed by atoms with E-state index in [1.54, 1.807) is 0 Å². The van der Waals surface area contributed by atoms with E-state index in [2.05, 4.69) is 49.1 Å². The summed E-state index contributed by atoms with van der Waals surface area (Å²) in [7, 11) is 0. The third-order valence-electron chi connectivity index (χ3n) is 4.25. The molecule has 0 aliphatic carbocycles. The van der Waals surface area contributed by atoms with E-state index in [-0.39, 0.29) is 6.10 Å². The number of anilines is 1. The van der Waals surface area contributed by atoms with Gasteiger partial charge in [-0.15, -0.1) is 0 Å². The quantitative estimate of drug-likeness (QED) is 0.942. The number of hydrogen-bond donors (Lipinski definition) is 1. The summed E-state index contributed by atoms with van der Waals surface area (Å²) in [6.07, 6.45) is 3.48. The lowest BCUT2D eigenvalue weighted by Gasteiger charge is -2.41. The molecule has 112 valence electrons. The summed E-state index contributed by atoms with van der Waals surface area (Å²) in [5, 5.41) is 14.6. The first-order valence-corrected chi connectivity index (χ1v) is 7.67. The van der Waals surface area contributed by atoms with Crippen LogP contribution in [0.1, 0.15) is 32.3 Å². The van der Waals surface area contributed by atoms with Crippen molar-refractivity contribution in [3.63, 3.8) is 0 Å². The fourth-order valence-electron chi connectivity index (χ4n) is 3.34. The van der Waals surface area contributed by atoms with Gasteiger partial charge >= 0.3 is 0 Å². The molecule has 0 amide bonds. The molecule has 0 spiro atoms. The molecule has 1 N–H and O–H groups in total. The van der Waals surface area contributed by atoms with Crippen molar-refractivity contribution in [1.82, 2.24) is 9.78 Å². The number of aliphatic hydroxyl groups excluding tert-OH is 1. The van der Waals surface area contributed by atoms with E-state index >= 15 is 0 Å².